The maximum atomic E-state index is 13.1. The lowest BCUT2D eigenvalue weighted by Gasteiger charge is -2.46. The van der Waals surface area contributed by atoms with E-state index in [0.29, 0.717) is 12.8 Å². The minimum atomic E-state index is -1.79. The van der Waals surface area contributed by atoms with Gasteiger partial charge in [0.2, 0.25) is 5.91 Å². The number of amides is 1. The molecule has 0 aromatic heterocycles. The van der Waals surface area contributed by atoms with E-state index in [1.54, 1.807) is 6.08 Å². The van der Waals surface area contributed by atoms with Crippen molar-refractivity contribution in [2.75, 3.05) is 19.8 Å². The number of carbonyl (C=O) groups excluding carboxylic acids is 1. The third kappa shape index (κ3) is 26.2. The Morgan fingerprint density at radius 2 is 1.03 bits per heavy atom. The molecule has 2 aliphatic rings. The van der Waals surface area contributed by atoms with Crippen molar-refractivity contribution in [3.05, 3.63) is 97.2 Å². The van der Waals surface area contributed by atoms with Gasteiger partial charge in [-0.1, -0.05) is 156 Å². The minimum Gasteiger partial charge on any atom is -0.394 e. The molecule has 14 nitrogen and oxygen atoms in total. The van der Waals surface area contributed by atoms with E-state index in [2.05, 4.69) is 104 Å². The Kier molecular flexibility index (Phi) is 35.6. The molecule has 12 unspecified atom stereocenters. The lowest BCUT2D eigenvalue weighted by molar-refractivity contribution is -0.359. The molecule has 0 spiro atoms. The highest BCUT2D eigenvalue weighted by atomic mass is 16.7. The first-order valence-electron chi connectivity index (χ1n) is 25.5. The summed E-state index contributed by atoms with van der Waals surface area (Å²) in [4.78, 5) is 13.1. The number of allylic oxidation sites excluding steroid dienone is 15. The van der Waals surface area contributed by atoms with Crippen molar-refractivity contribution in [3.8, 4) is 0 Å². The third-order valence-electron chi connectivity index (χ3n) is 11.7. The van der Waals surface area contributed by atoms with Crippen LogP contribution in [0.25, 0.3) is 0 Å². The maximum absolute atomic E-state index is 13.1. The van der Waals surface area contributed by atoms with Gasteiger partial charge in [-0.2, -0.15) is 0 Å². The summed E-state index contributed by atoms with van der Waals surface area (Å²) in [6.07, 6.45) is 36.4. The molecule has 68 heavy (non-hydrogen) atoms. The van der Waals surface area contributed by atoms with Gasteiger partial charge in [-0.05, 0) is 77.0 Å². The van der Waals surface area contributed by atoms with Crippen LogP contribution in [0.1, 0.15) is 142 Å². The lowest BCUT2D eigenvalue weighted by Crippen LogP contribution is -2.65. The molecule has 388 valence electrons. The van der Waals surface area contributed by atoms with Gasteiger partial charge in [-0.3, -0.25) is 4.79 Å². The summed E-state index contributed by atoms with van der Waals surface area (Å²) in [5.41, 5.74) is 0. The molecule has 1 amide bonds. The highest BCUT2D eigenvalue weighted by molar-refractivity contribution is 5.76. The van der Waals surface area contributed by atoms with Crippen LogP contribution in [0, 0.1) is 0 Å². The zero-order chi connectivity index (χ0) is 49.6. The molecule has 0 bridgehead atoms. The van der Waals surface area contributed by atoms with E-state index in [4.69, 9.17) is 18.9 Å². The van der Waals surface area contributed by atoms with E-state index in [0.717, 1.165) is 89.9 Å². The number of hydrogen-bond acceptors (Lipinski definition) is 13. The molecular formula is C54H89NO13. The Labute approximate surface area is 407 Å². The Balaban J connectivity index is 1.71. The lowest BCUT2D eigenvalue weighted by atomic mass is 9.97. The second-order valence-electron chi connectivity index (χ2n) is 17.6. The van der Waals surface area contributed by atoms with Gasteiger partial charge in [0.25, 0.3) is 0 Å². The number of rotatable bonds is 37. The van der Waals surface area contributed by atoms with Gasteiger partial charge in [0.1, 0.15) is 48.8 Å². The largest absolute Gasteiger partial charge is 0.394 e. The Hall–Kier alpha value is -3.09. The quantitative estimate of drug-likeness (QED) is 0.0232. The van der Waals surface area contributed by atoms with Crippen molar-refractivity contribution in [2.45, 2.75) is 216 Å². The number of carbonyl (C=O) groups is 1. The van der Waals surface area contributed by atoms with Gasteiger partial charge in [0.15, 0.2) is 12.6 Å². The number of nitrogens with one attached hydrogen (secondary N) is 1. The molecule has 2 heterocycles. The molecule has 2 fully saturated rings. The molecule has 0 aromatic rings. The van der Waals surface area contributed by atoms with Gasteiger partial charge in [0, 0.05) is 6.42 Å². The topological polar surface area (TPSA) is 228 Å². The van der Waals surface area contributed by atoms with E-state index in [1.807, 2.05) is 6.08 Å². The molecule has 12 atom stereocenters. The highest BCUT2D eigenvalue weighted by Crippen LogP contribution is 2.30. The van der Waals surface area contributed by atoms with E-state index < -0.39 is 86.8 Å². The second-order valence-corrected chi connectivity index (χ2v) is 17.6. The zero-order valence-corrected chi connectivity index (χ0v) is 41.0. The number of aliphatic hydroxyl groups excluding tert-OH is 8. The molecule has 2 rings (SSSR count). The van der Waals surface area contributed by atoms with Crippen LogP contribution >= 0.6 is 0 Å². The van der Waals surface area contributed by atoms with Crippen LogP contribution in [0.3, 0.4) is 0 Å². The summed E-state index contributed by atoms with van der Waals surface area (Å²) in [6, 6.07) is -0.939. The molecule has 0 aromatic carbocycles. The van der Waals surface area contributed by atoms with Crippen LogP contribution < -0.4 is 5.32 Å². The summed E-state index contributed by atoms with van der Waals surface area (Å²) in [5, 5.41) is 86.3. The SMILES string of the molecule is CC/C=C\C/C=C\C/C=C\C/C=C\C/C=C\C/C=C\CCCCCCCCCCC(=O)NC(COC1OC(CO)C(OC2OC(CO)C(O)C(O)C2O)C(O)C1O)C(O)/C=C/CC/C=C/CCC. The predicted molar refractivity (Wildman–Crippen MR) is 267 cm³/mol. The van der Waals surface area contributed by atoms with E-state index >= 15 is 0 Å². The highest BCUT2D eigenvalue weighted by Gasteiger charge is 2.51. The predicted octanol–water partition coefficient (Wildman–Crippen LogP) is 6.76. The maximum Gasteiger partial charge on any atom is 0.220 e. The Bertz CT molecular complexity index is 1510. The fraction of sp³-hybridized carbons (Fsp3) is 0.685. The summed E-state index contributed by atoms with van der Waals surface area (Å²) in [7, 11) is 0. The van der Waals surface area contributed by atoms with Crippen LogP contribution in [-0.2, 0) is 23.7 Å². The summed E-state index contributed by atoms with van der Waals surface area (Å²) in [5.74, 6) is -0.269. The normalized spacial score (nSPS) is 27.2. The van der Waals surface area contributed by atoms with Gasteiger partial charge in [0.05, 0.1) is 32.0 Å². The van der Waals surface area contributed by atoms with Crippen molar-refractivity contribution in [2.24, 2.45) is 0 Å². The summed E-state index contributed by atoms with van der Waals surface area (Å²) < 4.78 is 22.6. The first kappa shape index (κ1) is 61.0. The van der Waals surface area contributed by atoms with Crippen LogP contribution in [0.5, 0.6) is 0 Å². The average Bonchev–Trinajstić information content (AvgIpc) is 3.34. The van der Waals surface area contributed by atoms with Crippen molar-refractivity contribution >= 4 is 5.91 Å². The molecule has 0 saturated carbocycles. The fourth-order valence-electron chi connectivity index (χ4n) is 7.61. The number of unbranched alkanes of at least 4 members (excludes halogenated alkanes) is 10. The fourth-order valence-corrected chi connectivity index (χ4v) is 7.61. The summed E-state index contributed by atoms with van der Waals surface area (Å²) in [6.45, 7) is 2.50. The van der Waals surface area contributed by atoms with E-state index in [1.165, 1.54) is 19.3 Å². The molecule has 2 saturated heterocycles. The van der Waals surface area contributed by atoms with Crippen molar-refractivity contribution in [1.82, 2.24) is 5.32 Å². The average molecular weight is 960 g/mol. The Morgan fingerprint density at radius 1 is 0.544 bits per heavy atom. The number of ether oxygens (including phenoxy) is 4. The van der Waals surface area contributed by atoms with Crippen LogP contribution in [-0.4, -0.2) is 140 Å². The van der Waals surface area contributed by atoms with Gasteiger partial charge in [-0.25, -0.2) is 0 Å². The second kappa shape index (κ2) is 39.6. The summed E-state index contributed by atoms with van der Waals surface area (Å²) >= 11 is 0. The zero-order valence-electron chi connectivity index (χ0n) is 41.0. The smallest absolute Gasteiger partial charge is 0.220 e. The van der Waals surface area contributed by atoms with Crippen LogP contribution in [0.2, 0.25) is 0 Å². The molecule has 0 aliphatic carbocycles. The van der Waals surface area contributed by atoms with Gasteiger partial charge in [-0.15, -0.1) is 0 Å². The van der Waals surface area contributed by atoms with Crippen molar-refractivity contribution in [1.29, 1.82) is 0 Å². The molecule has 14 heteroatoms. The van der Waals surface area contributed by atoms with E-state index in [-0.39, 0.29) is 18.9 Å². The van der Waals surface area contributed by atoms with Gasteiger partial charge >= 0.3 is 0 Å². The van der Waals surface area contributed by atoms with Crippen molar-refractivity contribution < 1.29 is 64.6 Å². The van der Waals surface area contributed by atoms with Gasteiger partial charge < -0.3 is 65.1 Å². The van der Waals surface area contributed by atoms with Crippen molar-refractivity contribution in [3.63, 3.8) is 0 Å². The standard InChI is InChI=1S/C54H89NO13/c1-3-5-7-9-11-12-13-14-15-16-17-18-19-20-21-22-23-24-25-26-27-28-29-30-32-34-36-38-46(59)55-42(43(58)37-35-33-31-10-8-6-4-2)41-65-53-51(64)49(62)52(45(40-57)67-53)68-54-50(63)48(61)47(60)44(39-56)66-54/h5,7-8,10-12,14-15,17-18,20-21,23-24,35,37,42-45,47-54,56-58,60-64H,3-4,6,9,13,16,19,22,25-34,36,38-41H2,1-2H3,(H,55,59)/b7-5-,10-8+,12-11-,15-14-,18-17-,21-20-,24-23-,37-35+. The first-order valence-corrected chi connectivity index (χ1v) is 25.5. The van der Waals surface area contributed by atoms with E-state index in [9.17, 15) is 45.6 Å². The van der Waals surface area contributed by atoms with Crippen LogP contribution in [0.4, 0.5) is 0 Å². The molecular weight excluding hydrogens is 871 g/mol. The number of hydrogen-bond donors (Lipinski definition) is 9. The molecule has 0 radical (unpaired) electrons. The monoisotopic (exact) mass is 960 g/mol. The number of aliphatic hydroxyl groups is 8. The minimum absolute atomic E-state index is 0.256. The Morgan fingerprint density at radius 3 is 1.60 bits per heavy atom. The first-order chi connectivity index (χ1) is 33.1. The molecule has 2 aliphatic heterocycles. The third-order valence-corrected chi connectivity index (χ3v) is 11.7. The molecule has 9 N–H and O–H groups in total. The van der Waals surface area contributed by atoms with Crippen LogP contribution in [0.15, 0.2) is 97.2 Å².